The molecule has 2 N–H and O–H groups in total. The third kappa shape index (κ3) is 3.12. The molecule has 5 nitrogen and oxygen atoms in total. The summed E-state index contributed by atoms with van der Waals surface area (Å²) in [5, 5.41) is 21.6. The quantitative estimate of drug-likeness (QED) is 0.655. The van der Waals surface area contributed by atoms with Gasteiger partial charge in [0.1, 0.15) is 5.75 Å². The first-order valence-electron chi connectivity index (χ1n) is 7.60. The molecular formula is C17H19N3O2. The molecule has 3 aliphatic heterocycles. The molecule has 114 valence electrons. The first-order chi connectivity index (χ1) is 10.7. The first-order valence-corrected chi connectivity index (χ1v) is 7.60. The van der Waals surface area contributed by atoms with Crippen LogP contribution in [-0.4, -0.2) is 41.6 Å². The Morgan fingerprint density at radius 2 is 2.00 bits per heavy atom. The van der Waals surface area contributed by atoms with Crippen LogP contribution in [0.15, 0.2) is 30.3 Å². The SMILES string of the molecule is N#CC(=CC(=O)NC1CN2CCC1CC2)c1ccc(O)cc1. The molecule has 1 atom stereocenters. The highest BCUT2D eigenvalue weighted by Crippen LogP contribution is 2.27. The Balaban J connectivity index is 1.68. The molecule has 4 rings (SSSR count). The zero-order valence-corrected chi connectivity index (χ0v) is 12.3. The minimum absolute atomic E-state index is 0.137. The third-order valence-electron chi connectivity index (χ3n) is 4.56. The highest BCUT2D eigenvalue weighted by Gasteiger charge is 2.34. The highest BCUT2D eigenvalue weighted by molar-refractivity contribution is 5.98. The van der Waals surface area contributed by atoms with Gasteiger partial charge in [-0.25, -0.2) is 0 Å². The molecule has 3 aliphatic rings. The number of carbonyl (C=O) groups excluding carboxylic acids is 1. The van der Waals surface area contributed by atoms with Crippen molar-refractivity contribution in [2.24, 2.45) is 5.92 Å². The lowest BCUT2D eigenvalue weighted by molar-refractivity contribution is -0.118. The fourth-order valence-electron chi connectivity index (χ4n) is 3.31. The van der Waals surface area contributed by atoms with E-state index in [1.807, 2.05) is 6.07 Å². The number of piperidine rings is 3. The van der Waals surface area contributed by atoms with Crippen molar-refractivity contribution in [1.29, 1.82) is 5.26 Å². The number of hydrogen-bond donors (Lipinski definition) is 2. The lowest BCUT2D eigenvalue weighted by Gasteiger charge is -2.44. The molecule has 3 saturated heterocycles. The summed E-state index contributed by atoms with van der Waals surface area (Å²) >= 11 is 0. The van der Waals surface area contributed by atoms with E-state index in [-0.39, 0.29) is 17.7 Å². The van der Waals surface area contributed by atoms with E-state index < -0.39 is 0 Å². The van der Waals surface area contributed by atoms with Crippen LogP contribution in [0.3, 0.4) is 0 Å². The highest BCUT2D eigenvalue weighted by atomic mass is 16.3. The lowest BCUT2D eigenvalue weighted by atomic mass is 9.84. The molecule has 0 radical (unpaired) electrons. The van der Waals surface area contributed by atoms with Gasteiger partial charge >= 0.3 is 0 Å². The van der Waals surface area contributed by atoms with Crippen LogP contribution in [0.5, 0.6) is 5.75 Å². The van der Waals surface area contributed by atoms with Crippen LogP contribution in [0.1, 0.15) is 18.4 Å². The average Bonchev–Trinajstić information content (AvgIpc) is 2.55. The summed E-state index contributed by atoms with van der Waals surface area (Å²) in [4.78, 5) is 14.6. The maximum atomic E-state index is 12.2. The number of phenols is 1. The van der Waals surface area contributed by atoms with Crippen molar-refractivity contribution in [3.05, 3.63) is 35.9 Å². The predicted octanol–water partition coefficient (Wildman–Crippen LogP) is 1.51. The molecule has 22 heavy (non-hydrogen) atoms. The molecule has 2 bridgehead atoms. The van der Waals surface area contributed by atoms with Crippen molar-refractivity contribution in [3.63, 3.8) is 0 Å². The Morgan fingerprint density at radius 3 is 2.55 bits per heavy atom. The van der Waals surface area contributed by atoms with Crippen LogP contribution in [-0.2, 0) is 4.79 Å². The monoisotopic (exact) mass is 297 g/mol. The average molecular weight is 297 g/mol. The number of aromatic hydroxyl groups is 1. The Labute approximate surface area is 129 Å². The minimum atomic E-state index is -0.219. The van der Waals surface area contributed by atoms with Crippen LogP contribution >= 0.6 is 0 Å². The second-order valence-electron chi connectivity index (χ2n) is 5.97. The van der Waals surface area contributed by atoms with Crippen LogP contribution < -0.4 is 5.32 Å². The summed E-state index contributed by atoms with van der Waals surface area (Å²) in [6, 6.07) is 8.51. The molecule has 0 aromatic heterocycles. The summed E-state index contributed by atoms with van der Waals surface area (Å²) in [6.07, 6.45) is 3.62. The van der Waals surface area contributed by atoms with Crippen molar-refractivity contribution in [1.82, 2.24) is 10.2 Å². The van der Waals surface area contributed by atoms with E-state index in [4.69, 9.17) is 0 Å². The third-order valence-corrected chi connectivity index (χ3v) is 4.56. The molecule has 3 heterocycles. The first kappa shape index (κ1) is 14.6. The fraction of sp³-hybridized carbons (Fsp3) is 0.412. The van der Waals surface area contributed by atoms with E-state index >= 15 is 0 Å². The number of phenolic OH excluding ortho intramolecular Hbond substituents is 1. The van der Waals surface area contributed by atoms with E-state index in [9.17, 15) is 15.2 Å². The molecule has 3 fully saturated rings. The Hall–Kier alpha value is -2.32. The number of benzene rings is 1. The number of rotatable bonds is 3. The molecule has 1 aromatic carbocycles. The van der Waals surface area contributed by atoms with Crippen molar-refractivity contribution < 1.29 is 9.90 Å². The summed E-state index contributed by atoms with van der Waals surface area (Å²) in [5.41, 5.74) is 0.933. The molecule has 1 unspecified atom stereocenters. The van der Waals surface area contributed by atoms with E-state index in [2.05, 4.69) is 10.2 Å². The maximum Gasteiger partial charge on any atom is 0.245 e. The Bertz CT molecular complexity index is 622. The van der Waals surface area contributed by atoms with Gasteiger partial charge in [-0.15, -0.1) is 0 Å². The molecule has 5 heteroatoms. The zero-order valence-electron chi connectivity index (χ0n) is 12.3. The molecule has 0 aliphatic carbocycles. The van der Waals surface area contributed by atoms with Gasteiger partial charge in [-0.3, -0.25) is 4.79 Å². The summed E-state index contributed by atoms with van der Waals surface area (Å²) < 4.78 is 0. The topological polar surface area (TPSA) is 76.4 Å². The minimum Gasteiger partial charge on any atom is -0.508 e. The van der Waals surface area contributed by atoms with Crippen LogP contribution in [0, 0.1) is 17.2 Å². The van der Waals surface area contributed by atoms with Gasteiger partial charge in [0, 0.05) is 18.7 Å². The normalized spacial score (nSPS) is 27.2. The summed E-state index contributed by atoms with van der Waals surface area (Å²) in [5.74, 6) is 0.475. The predicted molar refractivity (Wildman–Crippen MR) is 82.8 cm³/mol. The molecule has 0 spiro atoms. The van der Waals surface area contributed by atoms with Gasteiger partial charge in [0.25, 0.3) is 0 Å². The second-order valence-corrected chi connectivity index (χ2v) is 5.97. The van der Waals surface area contributed by atoms with Crippen molar-refractivity contribution in [2.45, 2.75) is 18.9 Å². The van der Waals surface area contributed by atoms with Gasteiger partial charge in [0.2, 0.25) is 5.91 Å². The zero-order chi connectivity index (χ0) is 15.5. The number of nitrogens with one attached hydrogen (secondary N) is 1. The van der Waals surface area contributed by atoms with Crippen molar-refractivity contribution >= 4 is 11.5 Å². The largest absolute Gasteiger partial charge is 0.508 e. The van der Waals surface area contributed by atoms with E-state index in [0.717, 1.165) is 32.5 Å². The second kappa shape index (κ2) is 6.20. The van der Waals surface area contributed by atoms with Gasteiger partial charge in [-0.05, 0) is 61.7 Å². The van der Waals surface area contributed by atoms with Crippen molar-refractivity contribution in [2.75, 3.05) is 19.6 Å². The van der Waals surface area contributed by atoms with Gasteiger partial charge in [0.05, 0.1) is 11.6 Å². The van der Waals surface area contributed by atoms with Gasteiger partial charge < -0.3 is 15.3 Å². The standard InChI is InChI=1S/C17H19N3O2/c18-10-14(12-1-3-15(21)4-2-12)9-17(22)19-16-11-20-7-5-13(16)6-8-20/h1-4,9,13,16,21H,5-8,11H2,(H,19,22). The molecule has 0 saturated carbocycles. The van der Waals surface area contributed by atoms with Gasteiger partial charge in [0.15, 0.2) is 0 Å². The summed E-state index contributed by atoms with van der Waals surface area (Å²) in [7, 11) is 0. The van der Waals surface area contributed by atoms with E-state index in [1.165, 1.54) is 18.2 Å². The molecular weight excluding hydrogens is 278 g/mol. The smallest absolute Gasteiger partial charge is 0.245 e. The van der Waals surface area contributed by atoms with Crippen LogP contribution in [0.2, 0.25) is 0 Å². The van der Waals surface area contributed by atoms with Crippen molar-refractivity contribution in [3.8, 4) is 11.8 Å². The number of allylic oxidation sites excluding steroid dienone is 1. The Kier molecular flexibility index (Phi) is 4.12. The van der Waals surface area contributed by atoms with Crippen LogP contribution in [0.25, 0.3) is 5.57 Å². The number of carbonyl (C=O) groups is 1. The number of fused-ring (bicyclic) bond motifs is 3. The number of hydrogen-bond acceptors (Lipinski definition) is 4. The number of nitriles is 1. The van der Waals surface area contributed by atoms with Gasteiger partial charge in [-0.2, -0.15) is 5.26 Å². The van der Waals surface area contributed by atoms with Crippen LogP contribution in [0.4, 0.5) is 0 Å². The molecule has 1 aromatic rings. The molecule has 1 amide bonds. The summed E-state index contributed by atoms with van der Waals surface area (Å²) in [6.45, 7) is 3.17. The van der Waals surface area contributed by atoms with Gasteiger partial charge in [-0.1, -0.05) is 0 Å². The van der Waals surface area contributed by atoms with E-state index in [1.54, 1.807) is 12.1 Å². The number of nitrogens with zero attached hydrogens (tertiary/aromatic N) is 2. The van der Waals surface area contributed by atoms with E-state index in [0.29, 0.717) is 17.1 Å². The fourth-order valence-corrected chi connectivity index (χ4v) is 3.31. The number of amides is 1. The maximum absolute atomic E-state index is 12.2. The Morgan fingerprint density at radius 1 is 1.32 bits per heavy atom. The lowest BCUT2D eigenvalue weighted by Crippen LogP contribution is -2.57.